The molecule has 0 amide bonds. The number of nitrogens with zero attached hydrogens (tertiary/aromatic N) is 2. The van der Waals surface area contributed by atoms with Crippen LogP contribution in [0.3, 0.4) is 0 Å². The lowest BCUT2D eigenvalue weighted by Gasteiger charge is -2.48. The van der Waals surface area contributed by atoms with E-state index in [0.717, 1.165) is 5.69 Å². The molecule has 2 rings (SSSR count). The molecule has 1 fully saturated rings. The average Bonchev–Trinajstić information content (AvgIpc) is 2.27. The minimum atomic E-state index is -0.616. The minimum Gasteiger partial charge on any atom is -0.386 e. The van der Waals surface area contributed by atoms with Gasteiger partial charge in [0.1, 0.15) is 0 Å². The van der Waals surface area contributed by atoms with Crippen molar-refractivity contribution in [2.75, 3.05) is 18.0 Å². The number of anilines is 1. The van der Waals surface area contributed by atoms with Gasteiger partial charge in [0, 0.05) is 29.2 Å². The van der Waals surface area contributed by atoms with Crippen molar-refractivity contribution in [1.29, 1.82) is 0 Å². The molecule has 6 heteroatoms. The number of rotatable bonds is 3. The van der Waals surface area contributed by atoms with E-state index >= 15 is 0 Å². The second-order valence-corrected chi connectivity index (χ2v) is 5.64. The summed E-state index contributed by atoms with van der Waals surface area (Å²) < 4.78 is 0.693. The third kappa shape index (κ3) is 2.22. The van der Waals surface area contributed by atoms with Crippen molar-refractivity contribution < 1.29 is 10.0 Å². The van der Waals surface area contributed by atoms with Crippen LogP contribution in [0.2, 0.25) is 0 Å². The summed E-state index contributed by atoms with van der Waals surface area (Å²) in [6.07, 6.45) is 0.715. The number of β-amino-alcohol motifs (C(OH)–C–C–N with tert-alkyl or cyclic N) is 1. The van der Waals surface area contributed by atoms with Crippen molar-refractivity contribution in [3.63, 3.8) is 0 Å². The van der Waals surface area contributed by atoms with Gasteiger partial charge in [0.05, 0.1) is 16.2 Å². The number of aliphatic hydroxyl groups is 1. The molecule has 1 aliphatic heterocycles. The summed E-state index contributed by atoms with van der Waals surface area (Å²) in [7, 11) is 0. The first kappa shape index (κ1) is 13.3. The molecule has 0 spiro atoms. The summed E-state index contributed by atoms with van der Waals surface area (Å²) in [5.41, 5.74) is 1.02. The van der Waals surface area contributed by atoms with Gasteiger partial charge in [-0.1, -0.05) is 6.92 Å². The van der Waals surface area contributed by atoms with E-state index in [1.807, 2.05) is 11.8 Å². The molecule has 5 nitrogen and oxygen atoms in total. The van der Waals surface area contributed by atoms with Gasteiger partial charge in [-0.25, -0.2) is 0 Å². The fourth-order valence-electron chi connectivity index (χ4n) is 2.15. The van der Waals surface area contributed by atoms with E-state index in [-0.39, 0.29) is 10.6 Å². The number of benzene rings is 1. The van der Waals surface area contributed by atoms with Crippen LogP contribution >= 0.6 is 15.9 Å². The predicted octanol–water partition coefficient (Wildman–Crippen LogP) is 2.63. The van der Waals surface area contributed by atoms with Crippen LogP contribution in [0.15, 0.2) is 16.6 Å². The van der Waals surface area contributed by atoms with Gasteiger partial charge in [-0.3, -0.25) is 10.1 Å². The van der Waals surface area contributed by atoms with Gasteiger partial charge in [-0.05, 0) is 35.3 Å². The molecule has 1 heterocycles. The summed E-state index contributed by atoms with van der Waals surface area (Å²) in [6, 6.07) is 3.31. The quantitative estimate of drug-likeness (QED) is 0.688. The molecule has 0 unspecified atom stereocenters. The summed E-state index contributed by atoms with van der Waals surface area (Å²) in [5.74, 6) is 0. The Morgan fingerprint density at radius 1 is 1.56 bits per heavy atom. The first-order valence-corrected chi connectivity index (χ1v) is 6.57. The highest BCUT2D eigenvalue weighted by molar-refractivity contribution is 9.10. The number of hydrogen-bond donors (Lipinski definition) is 1. The molecule has 1 aromatic carbocycles. The van der Waals surface area contributed by atoms with Crippen molar-refractivity contribution in [2.45, 2.75) is 25.9 Å². The van der Waals surface area contributed by atoms with E-state index < -0.39 is 5.60 Å². The van der Waals surface area contributed by atoms with Crippen molar-refractivity contribution in [1.82, 2.24) is 0 Å². The van der Waals surface area contributed by atoms with Crippen LogP contribution in [-0.4, -0.2) is 28.7 Å². The van der Waals surface area contributed by atoms with Gasteiger partial charge in [0.15, 0.2) is 0 Å². The third-order valence-corrected chi connectivity index (χ3v) is 4.07. The summed E-state index contributed by atoms with van der Waals surface area (Å²) in [4.78, 5) is 12.5. The number of nitro benzene ring substituents is 1. The van der Waals surface area contributed by atoms with Crippen LogP contribution < -0.4 is 4.90 Å². The van der Waals surface area contributed by atoms with Crippen LogP contribution in [0.1, 0.15) is 18.9 Å². The normalized spacial score (nSPS) is 17.4. The standard InChI is InChI=1S/C12H15BrN2O3/c1-3-12(16)6-14(7-12)11-4-8(2)10(15(17)18)5-9(11)13/h4-5,16H,3,6-7H2,1-2H3. The second-order valence-electron chi connectivity index (χ2n) is 4.78. The first-order chi connectivity index (χ1) is 8.36. The highest BCUT2D eigenvalue weighted by Crippen LogP contribution is 2.38. The third-order valence-electron chi connectivity index (χ3n) is 3.43. The summed E-state index contributed by atoms with van der Waals surface area (Å²) in [6.45, 7) is 4.81. The van der Waals surface area contributed by atoms with Gasteiger partial charge in [0.25, 0.3) is 5.69 Å². The predicted molar refractivity (Wildman–Crippen MR) is 73.0 cm³/mol. The number of aryl methyl sites for hydroxylation is 1. The Morgan fingerprint density at radius 2 is 2.17 bits per heavy atom. The van der Waals surface area contributed by atoms with E-state index in [9.17, 15) is 15.2 Å². The lowest BCUT2D eigenvalue weighted by Crippen LogP contribution is -2.61. The molecule has 0 bridgehead atoms. The van der Waals surface area contributed by atoms with Gasteiger partial charge in [-0.15, -0.1) is 0 Å². The molecule has 0 radical (unpaired) electrons. The monoisotopic (exact) mass is 314 g/mol. The largest absolute Gasteiger partial charge is 0.386 e. The highest BCUT2D eigenvalue weighted by Gasteiger charge is 2.40. The fraction of sp³-hybridized carbons (Fsp3) is 0.500. The maximum atomic E-state index is 10.8. The molecule has 1 saturated heterocycles. The maximum Gasteiger partial charge on any atom is 0.273 e. The molecule has 0 aromatic heterocycles. The minimum absolute atomic E-state index is 0.108. The van der Waals surface area contributed by atoms with E-state index in [2.05, 4.69) is 15.9 Å². The van der Waals surface area contributed by atoms with Crippen LogP contribution in [-0.2, 0) is 0 Å². The Balaban J connectivity index is 2.26. The molecule has 0 aliphatic carbocycles. The Morgan fingerprint density at radius 3 is 2.67 bits per heavy atom. The van der Waals surface area contributed by atoms with Crippen LogP contribution in [0.4, 0.5) is 11.4 Å². The summed E-state index contributed by atoms with van der Waals surface area (Å²) in [5, 5.41) is 20.8. The number of nitro groups is 1. The van der Waals surface area contributed by atoms with Crippen molar-refractivity contribution in [3.8, 4) is 0 Å². The van der Waals surface area contributed by atoms with E-state index in [4.69, 9.17) is 0 Å². The van der Waals surface area contributed by atoms with Crippen LogP contribution in [0.25, 0.3) is 0 Å². The Labute approximate surface area is 114 Å². The SMILES string of the molecule is CCC1(O)CN(c2cc(C)c([N+](=O)[O-])cc2Br)C1. The van der Waals surface area contributed by atoms with Gasteiger partial charge in [0.2, 0.25) is 0 Å². The first-order valence-electron chi connectivity index (χ1n) is 5.78. The molecular formula is C12H15BrN2O3. The Bertz CT molecular complexity index is 498. The number of halogens is 1. The molecule has 18 heavy (non-hydrogen) atoms. The molecular weight excluding hydrogens is 300 g/mol. The second kappa shape index (κ2) is 4.51. The molecule has 0 atom stereocenters. The van der Waals surface area contributed by atoms with E-state index in [0.29, 0.717) is 29.5 Å². The Hall–Kier alpha value is -1.14. The topological polar surface area (TPSA) is 66.6 Å². The lowest BCUT2D eigenvalue weighted by molar-refractivity contribution is -0.385. The fourth-order valence-corrected chi connectivity index (χ4v) is 2.74. The summed E-state index contributed by atoms with van der Waals surface area (Å²) >= 11 is 3.36. The molecule has 1 N–H and O–H groups in total. The van der Waals surface area contributed by atoms with Gasteiger partial charge < -0.3 is 10.0 Å². The van der Waals surface area contributed by atoms with Crippen molar-refractivity contribution >= 4 is 27.3 Å². The van der Waals surface area contributed by atoms with Crippen LogP contribution in [0.5, 0.6) is 0 Å². The molecule has 1 aromatic rings. The zero-order chi connectivity index (χ0) is 13.5. The number of hydrogen-bond acceptors (Lipinski definition) is 4. The average molecular weight is 315 g/mol. The van der Waals surface area contributed by atoms with Crippen LogP contribution in [0, 0.1) is 17.0 Å². The van der Waals surface area contributed by atoms with E-state index in [1.54, 1.807) is 13.0 Å². The maximum absolute atomic E-state index is 10.8. The lowest BCUT2D eigenvalue weighted by atomic mass is 9.90. The van der Waals surface area contributed by atoms with Gasteiger partial charge >= 0.3 is 0 Å². The Kier molecular flexibility index (Phi) is 3.33. The van der Waals surface area contributed by atoms with E-state index in [1.165, 1.54) is 6.07 Å². The zero-order valence-corrected chi connectivity index (χ0v) is 11.9. The van der Waals surface area contributed by atoms with Crippen molar-refractivity contribution in [2.24, 2.45) is 0 Å². The zero-order valence-electron chi connectivity index (χ0n) is 10.3. The molecule has 98 valence electrons. The van der Waals surface area contributed by atoms with Crippen molar-refractivity contribution in [3.05, 3.63) is 32.3 Å². The molecule has 1 aliphatic rings. The molecule has 0 saturated carbocycles. The highest BCUT2D eigenvalue weighted by atomic mass is 79.9. The smallest absolute Gasteiger partial charge is 0.273 e. The van der Waals surface area contributed by atoms with Gasteiger partial charge in [-0.2, -0.15) is 0 Å².